The number of hydrogen-bond donors (Lipinski definition) is 2. The molecule has 0 bridgehead atoms. The number of nitrogens with zero attached hydrogens (tertiary/aromatic N) is 4. The molecule has 0 aliphatic carbocycles. The fourth-order valence-corrected chi connectivity index (χ4v) is 3.17. The lowest BCUT2D eigenvalue weighted by molar-refractivity contribution is 0.0983. The summed E-state index contributed by atoms with van der Waals surface area (Å²) in [4.78, 5) is 45.6. The summed E-state index contributed by atoms with van der Waals surface area (Å²) in [7, 11) is 0. The van der Waals surface area contributed by atoms with Crippen molar-refractivity contribution in [1.29, 1.82) is 0 Å². The Morgan fingerprint density at radius 1 is 1.29 bits per heavy atom. The molecule has 0 aliphatic rings. The highest BCUT2D eigenvalue weighted by molar-refractivity contribution is 6.06. The number of rotatable bonds is 6. The van der Waals surface area contributed by atoms with Gasteiger partial charge in [-0.25, -0.2) is 9.78 Å². The molecule has 0 atom stereocenters. The number of aromatic nitrogens is 4. The molecule has 9 nitrogen and oxygen atoms in total. The molecule has 3 aromatic rings. The second-order valence-corrected chi connectivity index (χ2v) is 6.57. The van der Waals surface area contributed by atoms with Crippen molar-refractivity contribution >= 4 is 23.1 Å². The third-order valence-corrected chi connectivity index (χ3v) is 4.70. The molecule has 0 aliphatic heterocycles. The van der Waals surface area contributed by atoms with Gasteiger partial charge in [-0.3, -0.25) is 24.0 Å². The molecular weight excluding hydrogens is 360 g/mol. The van der Waals surface area contributed by atoms with Gasteiger partial charge in [0, 0.05) is 25.0 Å². The van der Waals surface area contributed by atoms with Crippen molar-refractivity contribution in [2.75, 3.05) is 17.2 Å². The maximum absolute atomic E-state index is 13.1. The lowest BCUT2D eigenvalue weighted by atomic mass is 10.3. The zero-order valence-electron chi connectivity index (χ0n) is 16.2. The second-order valence-electron chi connectivity index (χ2n) is 6.57. The number of imidazole rings is 1. The third-order valence-electron chi connectivity index (χ3n) is 4.70. The van der Waals surface area contributed by atoms with Gasteiger partial charge in [0.2, 0.25) is 0 Å². The number of carbonyl (C=O) groups excluding carboxylic acids is 1. The van der Waals surface area contributed by atoms with Crippen molar-refractivity contribution in [2.45, 2.75) is 40.2 Å². The average Bonchev–Trinajstić information content (AvgIpc) is 3.10. The predicted octanol–water partition coefficient (Wildman–Crippen LogP) is 1.54. The molecule has 3 heterocycles. The highest BCUT2D eigenvalue weighted by Crippen LogP contribution is 2.20. The molecule has 3 N–H and O–H groups in total. The van der Waals surface area contributed by atoms with Crippen molar-refractivity contribution in [3.8, 4) is 0 Å². The normalized spacial score (nSPS) is 11.1. The summed E-state index contributed by atoms with van der Waals surface area (Å²) in [6, 6.07) is 5.56. The van der Waals surface area contributed by atoms with Crippen molar-refractivity contribution < 1.29 is 4.79 Å². The van der Waals surface area contributed by atoms with Gasteiger partial charge in [-0.05, 0) is 32.4 Å². The van der Waals surface area contributed by atoms with Crippen molar-refractivity contribution in [3.63, 3.8) is 0 Å². The van der Waals surface area contributed by atoms with E-state index in [9.17, 15) is 14.4 Å². The zero-order valence-corrected chi connectivity index (χ0v) is 16.2. The summed E-state index contributed by atoms with van der Waals surface area (Å²) in [5.41, 5.74) is 6.60. The van der Waals surface area contributed by atoms with Crippen LogP contribution in [-0.4, -0.2) is 31.4 Å². The van der Waals surface area contributed by atoms with E-state index in [0.717, 1.165) is 18.5 Å². The molecule has 0 radical (unpaired) electrons. The topological polar surface area (TPSA) is 118 Å². The Hall–Kier alpha value is -3.36. The largest absolute Gasteiger partial charge is 0.383 e. The number of amides is 1. The van der Waals surface area contributed by atoms with Crippen molar-refractivity contribution in [3.05, 3.63) is 56.6 Å². The fourth-order valence-electron chi connectivity index (χ4n) is 3.17. The molecule has 0 spiro atoms. The fraction of sp³-hybridized carbons (Fsp3) is 0.368. The van der Waals surface area contributed by atoms with Crippen molar-refractivity contribution in [2.24, 2.45) is 0 Å². The van der Waals surface area contributed by atoms with E-state index < -0.39 is 17.2 Å². The van der Waals surface area contributed by atoms with E-state index in [4.69, 9.17) is 5.73 Å². The number of H-pyrrole nitrogens is 1. The standard InChI is InChI=1S/C19H24N6O3/c1-4-6-10-24-16(20)15(17(26)22-19(24)28)23(5-2)18(27)13-11-25-12(3)8-7-9-14(25)21-13/h7-9,11H,4-6,10,20H2,1-3H3,(H,22,26,28). The van der Waals surface area contributed by atoms with Gasteiger partial charge >= 0.3 is 5.69 Å². The van der Waals surface area contributed by atoms with Crippen LogP contribution in [0.4, 0.5) is 11.5 Å². The molecule has 28 heavy (non-hydrogen) atoms. The molecule has 0 saturated carbocycles. The van der Waals surface area contributed by atoms with Gasteiger partial charge in [-0.2, -0.15) is 0 Å². The molecule has 3 rings (SSSR count). The number of fused-ring (bicyclic) bond motifs is 1. The van der Waals surface area contributed by atoms with E-state index in [-0.39, 0.29) is 23.7 Å². The molecule has 9 heteroatoms. The van der Waals surface area contributed by atoms with Crippen LogP contribution < -0.4 is 21.9 Å². The van der Waals surface area contributed by atoms with Crippen LogP contribution in [0.25, 0.3) is 5.65 Å². The summed E-state index contributed by atoms with van der Waals surface area (Å²) >= 11 is 0. The minimum absolute atomic E-state index is 0.0163. The van der Waals surface area contributed by atoms with Crippen LogP contribution in [0.2, 0.25) is 0 Å². The van der Waals surface area contributed by atoms with Gasteiger partial charge in [-0.1, -0.05) is 19.4 Å². The minimum atomic E-state index is -0.689. The van der Waals surface area contributed by atoms with E-state index >= 15 is 0 Å². The summed E-state index contributed by atoms with van der Waals surface area (Å²) in [5, 5.41) is 0. The average molecular weight is 384 g/mol. The van der Waals surface area contributed by atoms with Gasteiger partial charge in [0.25, 0.3) is 11.5 Å². The Morgan fingerprint density at radius 3 is 2.68 bits per heavy atom. The van der Waals surface area contributed by atoms with E-state index in [1.807, 2.05) is 26.0 Å². The summed E-state index contributed by atoms with van der Waals surface area (Å²) < 4.78 is 3.10. The summed E-state index contributed by atoms with van der Waals surface area (Å²) in [6.07, 6.45) is 3.21. The van der Waals surface area contributed by atoms with Crippen LogP contribution in [0.5, 0.6) is 0 Å². The van der Waals surface area contributed by atoms with Crippen LogP contribution in [-0.2, 0) is 6.54 Å². The summed E-state index contributed by atoms with van der Waals surface area (Å²) in [6.45, 7) is 6.20. The Morgan fingerprint density at radius 2 is 2.04 bits per heavy atom. The first-order chi connectivity index (χ1) is 13.4. The van der Waals surface area contributed by atoms with E-state index in [2.05, 4.69) is 9.97 Å². The van der Waals surface area contributed by atoms with Gasteiger partial charge in [0.05, 0.1) is 0 Å². The number of carbonyl (C=O) groups is 1. The van der Waals surface area contributed by atoms with Crippen LogP contribution in [0.15, 0.2) is 34.0 Å². The number of unbranched alkanes of at least 4 members (excludes halogenated alkanes) is 1. The number of aromatic amines is 1. The smallest absolute Gasteiger partial charge is 0.330 e. The summed E-state index contributed by atoms with van der Waals surface area (Å²) in [5.74, 6) is -0.471. The van der Waals surface area contributed by atoms with Crippen LogP contribution in [0, 0.1) is 6.92 Å². The molecular formula is C19H24N6O3. The molecule has 0 saturated heterocycles. The minimum Gasteiger partial charge on any atom is -0.383 e. The Labute approximate surface area is 161 Å². The molecule has 1 amide bonds. The number of nitrogens with two attached hydrogens (primary N) is 1. The molecule has 0 aromatic carbocycles. The van der Waals surface area contributed by atoms with Gasteiger partial charge < -0.3 is 10.1 Å². The quantitative estimate of drug-likeness (QED) is 0.668. The Bertz CT molecular complexity index is 1140. The Balaban J connectivity index is 2.09. The monoisotopic (exact) mass is 384 g/mol. The number of anilines is 2. The highest BCUT2D eigenvalue weighted by atomic mass is 16.2. The zero-order chi connectivity index (χ0) is 20.4. The van der Waals surface area contributed by atoms with Gasteiger partial charge in [0.15, 0.2) is 5.69 Å². The van der Waals surface area contributed by atoms with Gasteiger partial charge in [-0.15, -0.1) is 0 Å². The third kappa shape index (κ3) is 3.30. The number of hydrogen-bond acceptors (Lipinski definition) is 5. The highest BCUT2D eigenvalue weighted by Gasteiger charge is 2.25. The van der Waals surface area contributed by atoms with Crippen LogP contribution in [0.1, 0.15) is 42.9 Å². The predicted molar refractivity (Wildman–Crippen MR) is 108 cm³/mol. The lowest BCUT2D eigenvalue weighted by Gasteiger charge is -2.22. The first kappa shape index (κ1) is 19.4. The number of aryl methyl sites for hydroxylation is 1. The SMILES string of the molecule is CCCCn1c(N)c(N(CC)C(=O)c2cn3c(C)cccc3n2)c(=O)[nH]c1=O. The maximum atomic E-state index is 13.1. The van der Waals surface area contributed by atoms with Crippen LogP contribution in [0.3, 0.4) is 0 Å². The first-order valence-corrected chi connectivity index (χ1v) is 9.28. The molecule has 0 fully saturated rings. The van der Waals surface area contributed by atoms with Gasteiger partial charge in [0.1, 0.15) is 17.2 Å². The van der Waals surface area contributed by atoms with E-state index in [1.54, 1.807) is 23.6 Å². The second kappa shape index (κ2) is 7.71. The molecule has 0 unspecified atom stereocenters. The lowest BCUT2D eigenvalue weighted by Crippen LogP contribution is -2.41. The van der Waals surface area contributed by atoms with Crippen molar-refractivity contribution in [1.82, 2.24) is 18.9 Å². The first-order valence-electron chi connectivity index (χ1n) is 9.28. The number of nitrogens with one attached hydrogen (secondary N) is 1. The number of pyridine rings is 1. The molecule has 3 aromatic heterocycles. The molecule has 148 valence electrons. The van der Waals surface area contributed by atoms with E-state index in [1.165, 1.54) is 9.47 Å². The number of nitrogen functional groups attached to an aromatic ring is 1. The Kier molecular flexibility index (Phi) is 5.34. The van der Waals surface area contributed by atoms with Crippen LogP contribution >= 0.6 is 0 Å². The maximum Gasteiger partial charge on any atom is 0.330 e. The van der Waals surface area contributed by atoms with E-state index in [0.29, 0.717) is 12.2 Å².